The zero-order valence-electron chi connectivity index (χ0n) is 12.2. The molecule has 0 bridgehead atoms. The van der Waals surface area contributed by atoms with Gasteiger partial charge >= 0.3 is 0 Å². The molecule has 2 saturated heterocycles. The Balaban J connectivity index is 1.48. The van der Waals surface area contributed by atoms with Gasteiger partial charge in [0.2, 0.25) is 0 Å². The topological polar surface area (TPSA) is 42.7 Å². The van der Waals surface area contributed by atoms with Crippen LogP contribution in [0.15, 0.2) is 28.7 Å². The lowest BCUT2D eigenvalue weighted by Crippen LogP contribution is -2.60. The third kappa shape index (κ3) is 2.32. The van der Waals surface area contributed by atoms with Crippen molar-refractivity contribution >= 4 is 40.2 Å². The number of ether oxygens (including phenoxy) is 1. The Morgan fingerprint density at radius 2 is 2.27 bits per heavy atom. The van der Waals surface area contributed by atoms with Crippen LogP contribution >= 0.6 is 23.4 Å². The van der Waals surface area contributed by atoms with Gasteiger partial charge in [-0.1, -0.05) is 11.6 Å². The fraction of sp³-hybridized carbons (Fsp3) is 0.438. The number of fused-ring (bicyclic) bond motifs is 1. The summed E-state index contributed by atoms with van der Waals surface area (Å²) in [5.74, 6) is 1.36. The molecule has 116 valence electrons. The fourth-order valence-corrected chi connectivity index (χ4v) is 5.01. The number of rotatable bonds is 2. The summed E-state index contributed by atoms with van der Waals surface area (Å²) in [5.41, 5.74) is 0.692. The molecule has 2 aliphatic rings. The summed E-state index contributed by atoms with van der Waals surface area (Å²) in [6.45, 7) is 1.54. The molecule has 0 unspecified atom stereocenters. The van der Waals surface area contributed by atoms with Crippen molar-refractivity contribution in [3.63, 3.8) is 0 Å². The molecule has 2 aliphatic heterocycles. The number of methoxy groups -OCH3 is 1. The third-order valence-corrected chi connectivity index (χ3v) is 6.25. The summed E-state index contributed by atoms with van der Waals surface area (Å²) in [6, 6.07) is 7.14. The molecule has 6 heteroatoms. The Morgan fingerprint density at radius 1 is 1.45 bits per heavy atom. The van der Waals surface area contributed by atoms with Crippen molar-refractivity contribution in [1.29, 1.82) is 0 Å². The van der Waals surface area contributed by atoms with Crippen LogP contribution in [0.5, 0.6) is 0 Å². The molecule has 1 spiro atoms. The highest BCUT2D eigenvalue weighted by atomic mass is 35.5. The van der Waals surface area contributed by atoms with Crippen LogP contribution in [-0.2, 0) is 4.74 Å². The van der Waals surface area contributed by atoms with E-state index in [-0.39, 0.29) is 10.7 Å². The molecule has 2 fully saturated rings. The first-order valence-electron chi connectivity index (χ1n) is 7.24. The van der Waals surface area contributed by atoms with Crippen LogP contribution in [0.2, 0.25) is 5.02 Å². The Labute approximate surface area is 137 Å². The number of hydrogen-bond donors (Lipinski definition) is 0. The van der Waals surface area contributed by atoms with Gasteiger partial charge in [0.15, 0.2) is 5.76 Å². The van der Waals surface area contributed by atoms with Crippen molar-refractivity contribution in [1.82, 2.24) is 4.90 Å². The van der Waals surface area contributed by atoms with Crippen molar-refractivity contribution in [3.8, 4) is 0 Å². The van der Waals surface area contributed by atoms with Gasteiger partial charge in [0.1, 0.15) is 5.58 Å². The number of thioether (sulfide) groups is 1. The average Bonchev–Trinajstić information content (AvgIpc) is 3.08. The van der Waals surface area contributed by atoms with E-state index in [1.807, 2.05) is 22.7 Å². The lowest BCUT2D eigenvalue weighted by Gasteiger charge is -2.47. The van der Waals surface area contributed by atoms with E-state index >= 15 is 0 Å². The quantitative estimate of drug-likeness (QED) is 0.842. The number of carbonyl (C=O) groups excluding carboxylic acids is 1. The van der Waals surface area contributed by atoms with Crippen LogP contribution in [0, 0.1) is 0 Å². The van der Waals surface area contributed by atoms with E-state index in [2.05, 4.69) is 0 Å². The molecule has 1 aromatic heterocycles. The number of benzene rings is 1. The molecule has 22 heavy (non-hydrogen) atoms. The summed E-state index contributed by atoms with van der Waals surface area (Å²) < 4.78 is 11.3. The second kappa shape index (κ2) is 5.18. The second-order valence-corrected chi connectivity index (χ2v) is 7.93. The van der Waals surface area contributed by atoms with E-state index in [1.54, 1.807) is 25.3 Å². The maximum atomic E-state index is 12.5. The largest absolute Gasteiger partial charge is 0.451 e. The van der Waals surface area contributed by atoms with Crippen molar-refractivity contribution in [2.24, 2.45) is 0 Å². The highest BCUT2D eigenvalue weighted by Crippen LogP contribution is 2.46. The standard InChI is InChI=1S/C16H16ClNO3S/c1-20-12-6-16(22-7-12)8-18(9-16)15(19)14-5-10-4-11(17)2-3-13(10)21-14/h2-5,12H,6-9H2,1H3/t12-/m0/s1. The number of hydrogen-bond acceptors (Lipinski definition) is 4. The number of likely N-dealkylation sites (tertiary alicyclic amines) is 1. The molecule has 1 aromatic carbocycles. The summed E-state index contributed by atoms with van der Waals surface area (Å²) in [5, 5.41) is 1.50. The molecule has 4 nitrogen and oxygen atoms in total. The summed E-state index contributed by atoms with van der Waals surface area (Å²) in [7, 11) is 1.76. The molecule has 0 radical (unpaired) electrons. The van der Waals surface area contributed by atoms with E-state index in [1.165, 1.54) is 0 Å². The Bertz CT molecular complexity index is 738. The fourth-order valence-electron chi connectivity index (χ4n) is 3.24. The van der Waals surface area contributed by atoms with Gasteiger partial charge in [-0.15, -0.1) is 11.8 Å². The number of nitrogens with zero attached hydrogens (tertiary/aromatic N) is 1. The molecule has 0 saturated carbocycles. The van der Waals surface area contributed by atoms with Crippen LogP contribution in [-0.4, -0.2) is 47.6 Å². The van der Waals surface area contributed by atoms with Gasteiger partial charge in [-0.25, -0.2) is 0 Å². The zero-order valence-corrected chi connectivity index (χ0v) is 13.7. The Hall–Kier alpha value is -1.17. The molecule has 3 heterocycles. The summed E-state index contributed by atoms with van der Waals surface area (Å²) in [4.78, 5) is 14.4. The minimum Gasteiger partial charge on any atom is -0.451 e. The molecule has 1 atom stereocenters. The second-order valence-electron chi connectivity index (χ2n) is 6.01. The minimum atomic E-state index is -0.0422. The van der Waals surface area contributed by atoms with Gasteiger partial charge in [0.05, 0.1) is 10.9 Å². The van der Waals surface area contributed by atoms with E-state index in [0.717, 1.165) is 30.6 Å². The number of amides is 1. The summed E-state index contributed by atoms with van der Waals surface area (Å²) >= 11 is 7.89. The van der Waals surface area contributed by atoms with E-state index < -0.39 is 0 Å². The van der Waals surface area contributed by atoms with Gasteiger partial charge in [-0.05, 0) is 30.7 Å². The Kier molecular flexibility index (Phi) is 3.40. The van der Waals surface area contributed by atoms with Crippen molar-refractivity contribution in [2.75, 3.05) is 26.0 Å². The van der Waals surface area contributed by atoms with Crippen LogP contribution in [0.1, 0.15) is 17.0 Å². The maximum absolute atomic E-state index is 12.5. The number of halogens is 1. The average molecular weight is 338 g/mol. The molecular formula is C16H16ClNO3S. The van der Waals surface area contributed by atoms with Crippen LogP contribution in [0.4, 0.5) is 0 Å². The highest BCUT2D eigenvalue weighted by Gasteiger charge is 2.51. The van der Waals surface area contributed by atoms with E-state index in [4.69, 9.17) is 20.8 Å². The molecule has 0 N–H and O–H groups in total. The number of furan rings is 1. The zero-order chi connectivity index (χ0) is 15.3. The van der Waals surface area contributed by atoms with Crippen molar-refractivity contribution in [2.45, 2.75) is 17.3 Å². The van der Waals surface area contributed by atoms with Crippen LogP contribution in [0.25, 0.3) is 11.0 Å². The van der Waals surface area contributed by atoms with Gasteiger partial charge in [0.25, 0.3) is 5.91 Å². The van der Waals surface area contributed by atoms with Gasteiger partial charge in [-0.2, -0.15) is 0 Å². The van der Waals surface area contributed by atoms with Crippen molar-refractivity contribution in [3.05, 3.63) is 35.0 Å². The monoisotopic (exact) mass is 337 g/mol. The smallest absolute Gasteiger partial charge is 0.289 e. The van der Waals surface area contributed by atoms with Crippen molar-refractivity contribution < 1.29 is 13.9 Å². The lowest BCUT2D eigenvalue weighted by atomic mass is 9.92. The predicted molar refractivity (Wildman–Crippen MR) is 87.7 cm³/mol. The molecule has 4 rings (SSSR count). The summed E-state index contributed by atoms with van der Waals surface area (Å²) in [6.07, 6.45) is 1.34. The predicted octanol–water partition coefficient (Wildman–Crippen LogP) is 3.43. The first-order valence-corrected chi connectivity index (χ1v) is 8.60. The molecule has 2 aromatic rings. The van der Waals surface area contributed by atoms with Crippen LogP contribution < -0.4 is 0 Å². The molecule has 1 amide bonds. The normalized spacial score (nSPS) is 23.2. The van der Waals surface area contributed by atoms with Gasteiger partial charge < -0.3 is 14.1 Å². The lowest BCUT2D eigenvalue weighted by molar-refractivity contribution is 0.0427. The minimum absolute atomic E-state index is 0.0422. The maximum Gasteiger partial charge on any atom is 0.289 e. The first kappa shape index (κ1) is 14.4. The van der Waals surface area contributed by atoms with Gasteiger partial charge in [0, 0.05) is 36.4 Å². The van der Waals surface area contributed by atoms with Crippen LogP contribution in [0.3, 0.4) is 0 Å². The Morgan fingerprint density at radius 3 is 3.00 bits per heavy atom. The first-order chi connectivity index (χ1) is 10.6. The van der Waals surface area contributed by atoms with E-state index in [0.29, 0.717) is 22.5 Å². The van der Waals surface area contributed by atoms with E-state index in [9.17, 15) is 4.79 Å². The number of carbonyl (C=O) groups is 1. The SMILES string of the molecule is CO[C@@H]1CSC2(C1)CN(C(=O)c1cc3cc(Cl)ccc3o1)C2. The molecular weight excluding hydrogens is 322 g/mol. The third-order valence-electron chi connectivity index (χ3n) is 4.44. The van der Waals surface area contributed by atoms with Gasteiger partial charge in [-0.3, -0.25) is 4.79 Å². The highest BCUT2D eigenvalue weighted by molar-refractivity contribution is 8.01. The molecule has 0 aliphatic carbocycles.